The van der Waals surface area contributed by atoms with E-state index in [1.54, 1.807) is 0 Å². The molecular formula is C44H31N5. The lowest BCUT2D eigenvalue weighted by atomic mass is 9.90. The molecule has 232 valence electrons. The van der Waals surface area contributed by atoms with Crippen LogP contribution in [0.15, 0.2) is 152 Å². The molecule has 0 amide bonds. The van der Waals surface area contributed by atoms with E-state index in [0.29, 0.717) is 0 Å². The highest BCUT2D eigenvalue weighted by Crippen LogP contribution is 2.39. The number of rotatable bonds is 5. The van der Waals surface area contributed by atoms with Crippen LogP contribution in [0.1, 0.15) is 11.4 Å². The first kappa shape index (κ1) is 28.7. The van der Waals surface area contributed by atoms with Gasteiger partial charge in [0.1, 0.15) is 5.65 Å². The van der Waals surface area contributed by atoms with Gasteiger partial charge in [0.25, 0.3) is 0 Å². The number of aryl methyl sites for hydroxylation is 2. The molecule has 0 unspecified atom stereocenters. The Morgan fingerprint density at radius 1 is 0.510 bits per heavy atom. The fraction of sp³-hybridized carbons (Fsp3) is 0.0455. The summed E-state index contributed by atoms with van der Waals surface area (Å²) in [5, 5.41) is 3.26. The summed E-state index contributed by atoms with van der Waals surface area (Å²) >= 11 is 0. The van der Waals surface area contributed by atoms with Crippen molar-refractivity contribution >= 4 is 27.3 Å². The molecule has 5 aromatic heterocycles. The predicted molar refractivity (Wildman–Crippen MR) is 200 cm³/mol. The minimum absolute atomic E-state index is 0.925. The first-order valence-electron chi connectivity index (χ1n) is 16.4. The zero-order chi connectivity index (χ0) is 32.9. The average molecular weight is 630 g/mol. The van der Waals surface area contributed by atoms with Crippen LogP contribution in [0.5, 0.6) is 0 Å². The third kappa shape index (κ3) is 5.13. The Bertz CT molecular complexity index is 2650. The van der Waals surface area contributed by atoms with E-state index >= 15 is 0 Å². The minimum atomic E-state index is 0.925. The van der Waals surface area contributed by atoms with Gasteiger partial charge in [0, 0.05) is 58.1 Å². The van der Waals surface area contributed by atoms with Gasteiger partial charge >= 0.3 is 0 Å². The largest absolute Gasteiger partial charge is 0.299 e. The first-order valence-corrected chi connectivity index (χ1v) is 16.4. The second-order valence-electron chi connectivity index (χ2n) is 12.5. The van der Waals surface area contributed by atoms with Gasteiger partial charge in [-0.15, -0.1) is 0 Å². The minimum Gasteiger partial charge on any atom is -0.299 e. The number of benzene rings is 4. The summed E-state index contributed by atoms with van der Waals surface area (Å²) in [5.74, 6) is 0. The summed E-state index contributed by atoms with van der Waals surface area (Å²) in [6, 6.07) is 45.1. The summed E-state index contributed by atoms with van der Waals surface area (Å²) in [7, 11) is 0. The summed E-state index contributed by atoms with van der Waals surface area (Å²) in [4.78, 5) is 18.9. The summed E-state index contributed by atoms with van der Waals surface area (Å²) < 4.78 is 2.17. The van der Waals surface area contributed by atoms with Crippen molar-refractivity contribution in [3.05, 3.63) is 164 Å². The van der Waals surface area contributed by atoms with Crippen LogP contribution in [0, 0.1) is 13.8 Å². The zero-order valence-corrected chi connectivity index (χ0v) is 27.2. The topological polar surface area (TPSA) is 56.0 Å². The van der Waals surface area contributed by atoms with E-state index in [4.69, 9.17) is 9.97 Å². The van der Waals surface area contributed by atoms with Crippen LogP contribution in [0.4, 0.5) is 0 Å². The highest BCUT2D eigenvalue weighted by molar-refractivity contribution is 6.12. The van der Waals surface area contributed by atoms with Gasteiger partial charge in [0.2, 0.25) is 0 Å². The average Bonchev–Trinajstić information content (AvgIpc) is 3.54. The van der Waals surface area contributed by atoms with Crippen molar-refractivity contribution in [2.75, 3.05) is 0 Å². The Morgan fingerprint density at radius 2 is 1.22 bits per heavy atom. The number of fused-ring (bicyclic) bond motifs is 4. The number of aromatic nitrogens is 5. The standard InChI is InChI=1S/C44H31N5/c1-28-21-34(22-29(2)47-28)36-23-35(24-37(25-36)39-26-33-11-8-18-46-42(33)40-27-45-19-17-38(39)40)30-13-15-31(16-14-30)43-44(32-9-4-3-5-10-32)49-20-7-6-12-41(49)48-43/h3-27H,1-2H3. The maximum Gasteiger partial charge on any atom is 0.137 e. The fourth-order valence-electron chi connectivity index (χ4n) is 7.06. The molecule has 0 fully saturated rings. The maximum atomic E-state index is 5.09. The van der Waals surface area contributed by atoms with E-state index in [9.17, 15) is 0 Å². The molecule has 49 heavy (non-hydrogen) atoms. The number of hydrogen-bond acceptors (Lipinski definition) is 4. The van der Waals surface area contributed by atoms with Crippen LogP contribution < -0.4 is 0 Å². The van der Waals surface area contributed by atoms with Crippen LogP contribution in [0.25, 0.3) is 83.2 Å². The third-order valence-corrected chi connectivity index (χ3v) is 9.23. The second kappa shape index (κ2) is 11.7. The molecule has 0 atom stereocenters. The fourth-order valence-corrected chi connectivity index (χ4v) is 7.06. The molecular weight excluding hydrogens is 599 g/mol. The molecule has 0 saturated carbocycles. The number of hydrogen-bond donors (Lipinski definition) is 0. The molecule has 0 aliphatic heterocycles. The van der Waals surface area contributed by atoms with Gasteiger partial charge in [-0.2, -0.15) is 0 Å². The molecule has 0 N–H and O–H groups in total. The lowest BCUT2D eigenvalue weighted by Crippen LogP contribution is -1.92. The Morgan fingerprint density at radius 3 is 2.04 bits per heavy atom. The molecule has 0 aliphatic rings. The van der Waals surface area contributed by atoms with Gasteiger partial charge in [-0.25, -0.2) is 4.98 Å². The van der Waals surface area contributed by atoms with Crippen molar-refractivity contribution in [1.82, 2.24) is 24.3 Å². The lowest BCUT2D eigenvalue weighted by Gasteiger charge is -2.15. The maximum absolute atomic E-state index is 5.09. The summed E-state index contributed by atoms with van der Waals surface area (Å²) in [6.07, 6.45) is 7.72. The Labute approximate surface area is 284 Å². The van der Waals surface area contributed by atoms with Crippen molar-refractivity contribution in [1.29, 1.82) is 0 Å². The molecule has 0 saturated heterocycles. The SMILES string of the molecule is Cc1cc(-c2cc(-c3ccc(-c4nc5ccccn5c4-c4ccccc4)cc3)cc(-c3cc4cccnc4c4cnccc34)c2)cc(C)n1. The summed E-state index contributed by atoms with van der Waals surface area (Å²) in [6.45, 7) is 4.11. The van der Waals surface area contributed by atoms with Gasteiger partial charge in [-0.05, 0) is 113 Å². The number of pyridine rings is 4. The van der Waals surface area contributed by atoms with Gasteiger partial charge in [-0.1, -0.05) is 66.7 Å². The predicted octanol–water partition coefficient (Wildman–Crippen LogP) is 10.8. The highest BCUT2D eigenvalue weighted by Gasteiger charge is 2.17. The van der Waals surface area contributed by atoms with Crippen LogP contribution in [-0.2, 0) is 0 Å². The Hall–Kier alpha value is -6.46. The Kier molecular flexibility index (Phi) is 6.83. The van der Waals surface area contributed by atoms with E-state index < -0.39 is 0 Å². The van der Waals surface area contributed by atoms with E-state index in [1.165, 1.54) is 0 Å². The van der Waals surface area contributed by atoms with Crippen LogP contribution >= 0.6 is 0 Å². The van der Waals surface area contributed by atoms with E-state index in [2.05, 4.69) is 144 Å². The van der Waals surface area contributed by atoms with E-state index in [0.717, 1.165) is 94.6 Å². The quantitative estimate of drug-likeness (QED) is 0.178. The molecule has 9 aromatic rings. The van der Waals surface area contributed by atoms with Crippen LogP contribution in [0.3, 0.4) is 0 Å². The van der Waals surface area contributed by atoms with Gasteiger partial charge < -0.3 is 0 Å². The van der Waals surface area contributed by atoms with Crippen molar-refractivity contribution in [2.24, 2.45) is 0 Å². The molecule has 0 radical (unpaired) electrons. The van der Waals surface area contributed by atoms with Crippen molar-refractivity contribution in [3.8, 4) is 55.9 Å². The monoisotopic (exact) mass is 629 g/mol. The Balaban J connectivity index is 1.22. The molecule has 0 spiro atoms. The third-order valence-electron chi connectivity index (χ3n) is 9.23. The first-order chi connectivity index (χ1) is 24.1. The normalized spacial score (nSPS) is 11.5. The molecule has 0 bridgehead atoms. The zero-order valence-electron chi connectivity index (χ0n) is 27.2. The van der Waals surface area contributed by atoms with Gasteiger partial charge in [0.15, 0.2) is 0 Å². The molecule has 5 heteroatoms. The molecule has 4 aromatic carbocycles. The number of nitrogens with zero attached hydrogens (tertiary/aromatic N) is 5. The molecule has 5 heterocycles. The second-order valence-corrected chi connectivity index (χ2v) is 12.5. The molecule has 9 rings (SSSR count). The van der Waals surface area contributed by atoms with E-state index in [-0.39, 0.29) is 0 Å². The summed E-state index contributed by atoms with van der Waals surface area (Å²) in [5.41, 5.74) is 15.0. The van der Waals surface area contributed by atoms with Gasteiger partial charge in [0.05, 0.1) is 16.9 Å². The lowest BCUT2D eigenvalue weighted by molar-refractivity contribution is 1.12. The highest BCUT2D eigenvalue weighted by atomic mass is 15.0. The number of imidazole rings is 1. The smallest absolute Gasteiger partial charge is 0.137 e. The van der Waals surface area contributed by atoms with Crippen LogP contribution in [-0.4, -0.2) is 24.3 Å². The van der Waals surface area contributed by atoms with Crippen molar-refractivity contribution in [2.45, 2.75) is 13.8 Å². The van der Waals surface area contributed by atoms with Crippen LogP contribution in [0.2, 0.25) is 0 Å². The van der Waals surface area contributed by atoms with Gasteiger partial charge in [-0.3, -0.25) is 19.4 Å². The van der Waals surface area contributed by atoms with Crippen molar-refractivity contribution < 1.29 is 0 Å². The van der Waals surface area contributed by atoms with E-state index in [1.807, 2.05) is 36.8 Å². The molecule has 5 nitrogen and oxygen atoms in total. The molecule has 0 aliphatic carbocycles. The van der Waals surface area contributed by atoms with Crippen molar-refractivity contribution in [3.63, 3.8) is 0 Å².